The molecule has 1 rings (SSSR count). The quantitative estimate of drug-likeness (QED) is 0.767. The fraction of sp³-hybridized carbons (Fsp3) is 0.200. The Hall–Kier alpha value is -0.870. The van der Waals surface area contributed by atoms with Crippen LogP contribution >= 0.6 is 23.4 Å². The van der Waals surface area contributed by atoms with Gasteiger partial charge < -0.3 is 0 Å². The predicted molar refractivity (Wildman–Crippen MR) is 61.4 cm³/mol. The third-order valence-corrected chi connectivity index (χ3v) is 2.54. The monoisotopic (exact) mass is 245 g/mol. The molecule has 1 heterocycles. The van der Waals surface area contributed by atoms with Crippen molar-refractivity contribution in [2.45, 2.75) is 6.92 Å². The predicted octanol–water partition coefficient (Wildman–Crippen LogP) is 3.17. The highest BCUT2D eigenvalue weighted by Gasteiger charge is 1.99. The number of hydrogen-bond acceptors (Lipinski definition) is 3. The third kappa shape index (κ3) is 4.44. The summed E-state index contributed by atoms with van der Waals surface area (Å²) in [5, 5.41) is 0.0614. The van der Waals surface area contributed by atoms with Crippen molar-refractivity contribution in [1.29, 1.82) is 0 Å². The molecule has 0 N–H and O–H groups in total. The van der Waals surface area contributed by atoms with Gasteiger partial charge in [0, 0.05) is 18.9 Å². The second kappa shape index (κ2) is 5.88. The van der Waals surface area contributed by atoms with Crippen molar-refractivity contribution in [2.75, 3.05) is 5.75 Å². The molecule has 1 aromatic rings. The van der Waals surface area contributed by atoms with Crippen molar-refractivity contribution in [3.63, 3.8) is 0 Å². The standard InChI is InChI=1S/C10H9ClFNOS/c1-7(14)15-4-2-3-8-5-9(11)10(12)13-6-8/h2-3,5-6H,4H2,1H3. The number of nitrogens with zero attached hydrogens (tertiary/aromatic N) is 1. The minimum Gasteiger partial charge on any atom is -0.288 e. The van der Waals surface area contributed by atoms with Crippen LogP contribution in [0.1, 0.15) is 12.5 Å². The minimum absolute atomic E-state index is 0.00336. The van der Waals surface area contributed by atoms with E-state index in [-0.39, 0.29) is 10.1 Å². The molecular formula is C10H9ClFNOS. The summed E-state index contributed by atoms with van der Waals surface area (Å²) in [4.78, 5) is 14.1. The van der Waals surface area contributed by atoms with Gasteiger partial charge in [-0.2, -0.15) is 4.39 Å². The largest absolute Gasteiger partial charge is 0.288 e. The molecule has 0 unspecified atom stereocenters. The van der Waals surface area contributed by atoms with Gasteiger partial charge >= 0.3 is 0 Å². The van der Waals surface area contributed by atoms with Crippen LogP contribution in [-0.4, -0.2) is 15.9 Å². The number of rotatable bonds is 3. The van der Waals surface area contributed by atoms with Crippen molar-refractivity contribution in [2.24, 2.45) is 0 Å². The van der Waals surface area contributed by atoms with Gasteiger partial charge in [0.15, 0.2) is 5.12 Å². The summed E-state index contributed by atoms with van der Waals surface area (Å²) in [5.41, 5.74) is 0.713. The first-order valence-corrected chi connectivity index (χ1v) is 5.57. The van der Waals surface area contributed by atoms with Crippen LogP contribution in [0, 0.1) is 5.95 Å². The summed E-state index contributed by atoms with van der Waals surface area (Å²) in [6.45, 7) is 1.51. The Bertz CT molecular complexity index is 395. The lowest BCUT2D eigenvalue weighted by Gasteiger charge is -1.95. The number of thioether (sulfide) groups is 1. The first kappa shape index (κ1) is 12.2. The lowest BCUT2D eigenvalue weighted by Crippen LogP contribution is -1.85. The summed E-state index contributed by atoms with van der Waals surface area (Å²) in [6.07, 6.45) is 4.93. The van der Waals surface area contributed by atoms with Crippen molar-refractivity contribution < 1.29 is 9.18 Å². The Balaban J connectivity index is 2.57. The Morgan fingerprint density at radius 1 is 1.73 bits per heavy atom. The van der Waals surface area contributed by atoms with Gasteiger partial charge in [-0.25, -0.2) is 4.98 Å². The van der Waals surface area contributed by atoms with Crippen LogP contribution in [0.5, 0.6) is 0 Å². The summed E-state index contributed by atoms with van der Waals surface area (Å²) in [5.74, 6) is -0.0865. The maximum Gasteiger partial charge on any atom is 0.231 e. The molecule has 2 nitrogen and oxygen atoms in total. The van der Waals surface area contributed by atoms with E-state index in [0.717, 1.165) is 0 Å². The van der Waals surface area contributed by atoms with Gasteiger partial charge in [0.1, 0.15) is 0 Å². The lowest BCUT2D eigenvalue weighted by atomic mass is 10.3. The molecule has 80 valence electrons. The van der Waals surface area contributed by atoms with E-state index in [1.165, 1.54) is 30.9 Å². The maximum absolute atomic E-state index is 12.7. The van der Waals surface area contributed by atoms with Gasteiger partial charge in [0.05, 0.1) is 5.02 Å². The molecule has 0 aliphatic carbocycles. The van der Waals surface area contributed by atoms with Gasteiger partial charge in [-0.3, -0.25) is 4.79 Å². The highest BCUT2D eigenvalue weighted by molar-refractivity contribution is 8.13. The Morgan fingerprint density at radius 2 is 2.47 bits per heavy atom. The molecule has 0 spiro atoms. The van der Waals surface area contributed by atoms with Crippen LogP contribution in [0.2, 0.25) is 5.02 Å². The molecule has 0 fully saturated rings. The van der Waals surface area contributed by atoms with Crippen LogP contribution in [-0.2, 0) is 4.79 Å². The topological polar surface area (TPSA) is 30.0 Å². The Kier molecular flexibility index (Phi) is 4.78. The number of pyridine rings is 1. The molecule has 0 radical (unpaired) electrons. The SMILES string of the molecule is CC(=O)SCC=Cc1cnc(F)c(Cl)c1. The number of hydrogen-bond donors (Lipinski definition) is 0. The number of carbonyl (C=O) groups is 1. The maximum atomic E-state index is 12.7. The zero-order chi connectivity index (χ0) is 11.3. The van der Waals surface area contributed by atoms with E-state index in [1.807, 2.05) is 0 Å². The van der Waals surface area contributed by atoms with E-state index >= 15 is 0 Å². The fourth-order valence-corrected chi connectivity index (χ4v) is 1.48. The Labute approximate surface area is 96.5 Å². The smallest absolute Gasteiger partial charge is 0.231 e. The number of aromatic nitrogens is 1. The van der Waals surface area contributed by atoms with Gasteiger partial charge in [-0.05, 0) is 11.6 Å². The lowest BCUT2D eigenvalue weighted by molar-refractivity contribution is -0.109. The zero-order valence-corrected chi connectivity index (χ0v) is 9.61. The van der Waals surface area contributed by atoms with E-state index < -0.39 is 5.95 Å². The molecule has 0 saturated heterocycles. The number of halogens is 2. The van der Waals surface area contributed by atoms with Gasteiger partial charge in [-0.15, -0.1) is 0 Å². The first-order chi connectivity index (χ1) is 7.09. The second-order valence-electron chi connectivity index (χ2n) is 2.75. The average molecular weight is 246 g/mol. The van der Waals surface area contributed by atoms with Crippen molar-refractivity contribution >= 4 is 34.6 Å². The van der Waals surface area contributed by atoms with Crippen LogP contribution in [0.3, 0.4) is 0 Å². The van der Waals surface area contributed by atoms with E-state index in [1.54, 1.807) is 12.2 Å². The summed E-state index contributed by atoms with van der Waals surface area (Å²) >= 11 is 6.75. The van der Waals surface area contributed by atoms with E-state index in [0.29, 0.717) is 11.3 Å². The normalized spacial score (nSPS) is 10.9. The molecule has 15 heavy (non-hydrogen) atoms. The Morgan fingerprint density at radius 3 is 3.07 bits per heavy atom. The molecule has 5 heteroatoms. The van der Waals surface area contributed by atoms with Crippen molar-refractivity contribution in [1.82, 2.24) is 4.98 Å². The summed E-state index contributed by atoms with van der Waals surface area (Å²) < 4.78 is 12.7. The van der Waals surface area contributed by atoms with Gasteiger partial charge in [-0.1, -0.05) is 35.5 Å². The van der Waals surface area contributed by atoms with Crippen LogP contribution in [0.4, 0.5) is 4.39 Å². The van der Waals surface area contributed by atoms with Crippen LogP contribution in [0.15, 0.2) is 18.3 Å². The molecular weight excluding hydrogens is 237 g/mol. The van der Waals surface area contributed by atoms with E-state index in [4.69, 9.17) is 11.6 Å². The van der Waals surface area contributed by atoms with E-state index in [9.17, 15) is 9.18 Å². The van der Waals surface area contributed by atoms with Crippen molar-refractivity contribution in [3.8, 4) is 0 Å². The molecule has 0 aliphatic rings. The highest BCUT2D eigenvalue weighted by Crippen LogP contribution is 2.14. The number of carbonyl (C=O) groups excluding carboxylic acids is 1. The molecule has 0 aromatic carbocycles. The second-order valence-corrected chi connectivity index (χ2v) is 4.35. The molecule has 0 atom stereocenters. The zero-order valence-electron chi connectivity index (χ0n) is 8.04. The molecule has 1 aromatic heterocycles. The summed E-state index contributed by atoms with van der Waals surface area (Å²) in [7, 11) is 0. The molecule has 0 saturated carbocycles. The van der Waals surface area contributed by atoms with Gasteiger partial charge in [0.25, 0.3) is 0 Å². The minimum atomic E-state index is -0.674. The van der Waals surface area contributed by atoms with E-state index in [2.05, 4.69) is 4.98 Å². The molecule has 0 amide bonds. The third-order valence-electron chi connectivity index (χ3n) is 1.51. The van der Waals surface area contributed by atoms with Gasteiger partial charge in [0.2, 0.25) is 5.95 Å². The first-order valence-electron chi connectivity index (χ1n) is 4.20. The van der Waals surface area contributed by atoms with Crippen LogP contribution < -0.4 is 0 Å². The van der Waals surface area contributed by atoms with Crippen molar-refractivity contribution in [3.05, 3.63) is 34.9 Å². The van der Waals surface area contributed by atoms with Crippen LogP contribution in [0.25, 0.3) is 6.08 Å². The molecule has 0 bridgehead atoms. The molecule has 0 aliphatic heterocycles. The fourth-order valence-electron chi connectivity index (χ4n) is 0.877. The average Bonchev–Trinajstić information content (AvgIpc) is 2.18. The highest BCUT2D eigenvalue weighted by atomic mass is 35.5. The summed E-state index contributed by atoms with van der Waals surface area (Å²) in [6, 6.07) is 1.48.